The van der Waals surface area contributed by atoms with Crippen molar-refractivity contribution in [2.45, 2.75) is 26.7 Å². The van der Waals surface area contributed by atoms with E-state index in [9.17, 15) is 9.59 Å². The molecule has 1 unspecified atom stereocenters. The van der Waals surface area contributed by atoms with Crippen molar-refractivity contribution >= 4 is 11.7 Å². The van der Waals surface area contributed by atoms with Crippen LogP contribution in [-0.4, -0.2) is 36.3 Å². The summed E-state index contributed by atoms with van der Waals surface area (Å²) >= 11 is 0. The number of hydrogen-bond acceptors (Lipinski definition) is 3. The fourth-order valence-corrected chi connectivity index (χ4v) is 2.50. The second-order valence-electron chi connectivity index (χ2n) is 5.27. The van der Waals surface area contributed by atoms with Crippen LogP contribution in [0.5, 0.6) is 5.75 Å². The molecule has 1 aliphatic rings. The van der Waals surface area contributed by atoms with Gasteiger partial charge in [0.05, 0.1) is 12.1 Å². The summed E-state index contributed by atoms with van der Waals surface area (Å²) in [6.07, 6.45) is 2.03. The van der Waals surface area contributed by atoms with Gasteiger partial charge in [-0.3, -0.25) is 9.59 Å². The maximum absolute atomic E-state index is 12.0. The third kappa shape index (κ3) is 3.38. The van der Waals surface area contributed by atoms with Gasteiger partial charge >= 0.3 is 0 Å². The predicted molar refractivity (Wildman–Crippen MR) is 76.9 cm³/mol. The molecular weight excluding hydrogens is 254 g/mol. The molecule has 2 rings (SSSR count). The van der Waals surface area contributed by atoms with Crippen LogP contribution < -0.4 is 4.74 Å². The molecule has 20 heavy (non-hydrogen) atoms. The lowest BCUT2D eigenvalue weighted by atomic mass is 9.99. The summed E-state index contributed by atoms with van der Waals surface area (Å²) in [4.78, 5) is 25.3. The molecule has 0 aliphatic carbocycles. The van der Waals surface area contributed by atoms with E-state index in [1.165, 1.54) is 6.92 Å². The zero-order chi connectivity index (χ0) is 14.5. The Balaban J connectivity index is 1.90. The average molecular weight is 275 g/mol. The highest BCUT2D eigenvalue weighted by Gasteiger charge is 2.24. The molecule has 1 saturated heterocycles. The lowest BCUT2D eigenvalue weighted by Crippen LogP contribution is -2.42. The van der Waals surface area contributed by atoms with Gasteiger partial charge in [0.25, 0.3) is 0 Å². The molecule has 0 radical (unpaired) electrons. The Morgan fingerprint density at radius 2 is 2.15 bits per heavy atom. The van der Waals surface area contributed by atoms with Crippen LogP contribution >= 0.6 is 0 Å². The first-order chi connectivity index (χ1) is 9.59. The highest BCUT2D eigenvalue weighted by atomic mass is 16.5. The number of likely N-dealkylation sites (tertiary alicyclic amines) is 1. The quantitative estimate of drug-likeness (QED) is 0.776. The Morgan fingerprint density at radius 3 is 2.90 bits per heavy atom. The van der Waals surface area contributed by atoms with E-state index in [0.29, 0.717) is 24.5 Å². The number of benzene rings is 1. The number of hydrogen-bond donors (Lipinski definition) is 0. The fourth-order valence-electron chi connectivity index (χ4n) is 2.50. The summed E-state index contributed by atoms with van der Waals surface area (Å²) in [7, 11) is 0. The highest BCUT2D eigenvalue weighted by Crippen LogP contribution is 2.19. The zero-order valence-corrected chi connectivity index (χ0v) is 12.1. The molecule has 1 aromatic rings. The molecule has 108 valence electrons. The van der Waals surface area contributed by atoms with Crippen LogP contribution in [0.15, 0.2) is 24.3 Å². The predicted octanol–water partition coefficient (Wildman–Crippen LogP) is 2.53. The highest BCUT2D eigenvalue weighted by molar-refractivity contribution is 5.96. The first kappa shape index (κ1) is 14.6. The van der Waals surface area contributed by atoms with Gasteiger partial charge in [0, 0.05) is 12.5 Å². The number of rotatable bonds is 5. The van der Waals surface area contributed by atoms with Gasteiger partial charge in [-0.2, -0.15) is 0 Å². The monoisotopic (exact) mass is 275 g/mol. The lowest BCUT2D eigenvalue weighted by Gasteiger charge is -2.30. The number of carbonyl (C=O) groups is 2. The molecule has 0 bridgehead atoms. The first-order valence-corrected chi connectivity index (χ1v) is 7.11. The van der Waals surface area contributed by atoms with Gasteiger partial charge in [-0.1, -0.05) is 19.1 Å². The van der Waals surface area contributed by atoms with Crippen LogP contribution in [0, 0.1) is 5.92 Å². The SMILES string of the molecule is CC(=O)c1ccccc1OCCN1CCCC(C)C1=O. The molecule has 1 atom stereocenters. The number of piperidine rings is 1. The number of carbonyl (C=O) groups excluding carboxylic acids is 2. The smallest absolute Gasteiger partial charge is 0.225 e. The molecule has 4 nitrogen and oxygen atoms in total. The van der Waals surface area contributed by atoms with Gasteiger partial charge in [0.1, 0.15) is 12.4 Å². The maximum atomic E-state index is 12.0. The molecule has 0 aromatic heterocycles. The van der Waals surface area contributed by atoms with Crippen molar-refractivity contribution in [3.05, 3.63) is 29.8 Å². The van der Waals surface area contributed by atoms with E-state index in [1.54, 1.807) is 12.1 Å². The first-order valence-electron chi connectivity index (χ1n) is 7.11. The Bertz CT molecular complexity index is 498. The molecule has 1 aromatic carbocycles. The second-order valence-corrected chi connectivity index (χ2v) is 5.27. The van der Waals surface area contributed by atoms with Gasteiger partial charge in [0.15, 0.2) is 5.78 Å². The average Bonchev–Trinajstić information content (AvgIpc) is 2.44. The minimum Gasteiger partial charge on any atom is -0.491 e. The van der Waals surface area contributed by atoms with Crippen LogP contribution in [0.2, 0.25) is 0 Å². The van der Waals surface area contributed by atoms with E-state index in [2.05, 4.69) is 0 Å². The van der Waals surface area contributed by atoms with Crippen LogP contribution in [-0.2, 0) is 4.79 Å². The van der Waals surface area contributed by atoms with E-state index < -0.39 is 0 Å². The summed E-state index contributed by atoms with van der Waals surface area (Å²) in [6, 6.07) is 7.21. The minimum absolute atomic E-state index is 0.0109. The zero-order valence-electron chi connectivity index (χ0n) is 12.1. The number of para-hydroxylation sites is 1. The Kier molecular flexibility index (Phi) is 4.77. The van der Waals surface area contributed by atoms with Crippen molar-refractivity contribution in [3.8, 4) is 5.75 Å². The van der Waals surface area contributed by atoms with E-state index in [4.69, 9.17) is 4.74 Å². The topological polar surface area (TPSA) is 46.6 Å². The van der Waals surface area contributed by atoms with Crippen molar-refractivity contribution in [2.75, 3.05) is 19.7 Å². The number of ether oxygens (including phenoxy) is 1. The number of nitrogens with zero attached hydrogens (tertiary/aromatic N) is 1. The lowest BCUT2D eigenvalue weighted by molar-refractivity contribution is -0.138. The van der Waals surface area contributed by atoms with Crippen molar-refractivity contribution in [3.63, 3.8) is 0 Å². The van der Waals surface area contributed by atoms with Crippen molar-refractivity contribution in [2.24, 2.45) is 5.92 Å². The Hall–Kier alpha value is -1.84. The van der Waals surface area contributed by atoms with Crippen LogP contribution in [0.1, 0.15) is 37.0 Å². The molecule has 1 heterocycles. The van der Waals surface area contributed by atoms with Gasteiger partial charge < -0.3 is 9.64 Å². The third-order valence-corrected chi connectivity index (χ3v) is 3.68. The van der Waals surface area contributed by atoms with E-state index in [1.807, 2.05) is 24.0 Å². The Labute approximate surface area is 119 Å². The fraction of sp³-hybridized carbons (Fsp3) is 0.500. The minimum atomic E-state index is -0.0109. The molecule has 1 aliphatic heterocycles. The molecule has 0 spiro atoms. The van der Waals surface area contributed by atoms with E-state index >= 15 is 0 Å². The van der Waals surface area contributed by atoms with Crippen LogP contribution in [0.25, 0.3) is 0 Å². The number of ketones is 1. The second kappa shape index (κ2) is 6.55. The molecule has 4 heteroatoms. The molecule has 0 N–H and O–H groups in total. The van der Waals surface area contributed by atoms with E-state index in [0.717, 1.165) is 19.4 Å². The van der Waals surface area contributed by atoms with Crippen LogP contribution in [0.3, 0.4) is 0 Å². The molecule has 0 saturated carbocycles. The van der Waals surface area contributed by atoms with Crippen molar-refractivity contribution < 1.29 is 14.3 Å². The summed E-state index contributed by atoms with van der Waals surface area (Å²) in [5, 5.41) is 0. The third-order valence-electron chi connectivity index (χ3n) is 3.68. The summed E-state index contributed by atoms with van der Waals surface area (Å²) in [6.45, 7) is 5.30. The van der Waals surface area contributed by atoms with Gasteiger partial charge in [-0.15, -0.1) is 0 Å². The van der Waals surface area contributed by atoms with E-state index in [-0.39, 0.29) is 17.6 Å². The molecule has 1 amide bonds. The van der Waals surface area contributed by atoms with Gasteiger partial charge in [0.2, 0.25) is 5.91 Å². The van der Waals surface area contributed by atoms with Crippen molar-refractivity contribution in [1.82, 2.24) is 4.90 Å². The standard InChI is InChI=1S/C16H21NO3/c1-12-6-5-9-17(16(12)19)10-11-20-15-8-4-3-7-14(15)13(2)18/h3-4,7-8,12H,5-6,9-11H2,1-2H3. The van der Waals surface area contributed by atoms with Crippen molar-refractivity contribution in [1.29, 1.82) is 0 Å². The molecular formula is C16H21NO3. The van der Waals surface area contributed by atoms with Crippen LogP contribution in [0.4, 0.5) is 0 Å². The largest absolute Gasteiger partial charge is 0.491 e. The van der Waals surface area contributed by atoms with Gasteiger partial charge in [-0.25, -0.2) is 0 Å². The normalized spacial score (nSPS) is 19.0. The summed E-state index contributed by atoms with van der Waals surface area (Å²) in [5.41, 5.74) is 0.589. The Morgan fingerprint density at radius 1 is 1.40 bits per heavy atom. The van der Waals surface area contributed by atoms with Gasteiger partial charge in [-0.05, 0) is 31.9 Å². The molecule has 1 fully saturated rings. The maximum Gasteiger partial charge on any atom is 0.225 e. The summed E-state index contributed by atoms with van der Waals surface area (Å²) in [5.74, 6) is 0.911. The number of amides is 1. The number of Topliss-reactive ketones (excluding diaryl/α,β-unsaturated/α-hetero) is 1. The summed E-state index contributed by atoms with van der Waals surface area (Å²) < 4.78 is 5.67.